The average Bonchev–Trinajstić information content (AvgIpc) is 2.97. The molecule has 8 heteroatoms. The number of hydrogen-bond acceptors (Lipinski definition) is 5. The van der Waals surface area contributed by atoms with Gasteiger partial charge < -0.3 is 4.74 Å². The second kappa shape index (κ2) is 6.67. The topological polar surface area (TPSA) is 80.8 Å². The molecule has 0 saturated carbocycles. The zero-order valence-electron chi connectivity index (χ0n) is 10.6. The van der Waals surface area contributed by atoms with E-state index in [4.69, 9.17) is 27.9 Å². The SMILES string of the molecule is CC(Cl)C(Cl)C(=O)c1ccc(OCc2nn[nH]n2)cc1. The number of H-pyrrole nitrogens is 1. The predicted molar refractivity (Wildman–Crippen MR) is 74.2 cm³/mol. The van der Waals surface area contributed by atoms with E-state index in [9.17, 15) is 4.79 Å². The Balaban J connectivity index is 1.97. The van der Waals surface area contributed by atoms with Crippen LogP contribution in [0.3, 0.4) is 0 Å². The fraction of sp³-hybridized carbons (Fsp3) is 0.333. The van der Waals surface area contributed by atoms with Crippen molar-refractivity contribution in [2.75, 3.05) is 0 Å². The van der Waals surface area contributed by atoms with Gasteiger partial charge in [0.2, 0.25) is 5.82 Å². The summed E-state index contributed by atoms with van der Waals surface area (Å²) in [6.07, 6.45) is 0. The van der Waals surface area contributed by atoms with Gasteiger partial charge in [-0.25, -0.2) is 0 Å². The Kier molecular flexibility index (Phi) is 4.92. The Morgan fingerprint density at radius 2 is 2.05 bits per heavy atom. The van der Waals surface area contributed by atoms with Crippen LogP contribution in [0.4, 0.5) is 0 Å². The Hall–Kier alpha value is -1.66. The number of ether oxygens (including phenoxy) is 1. The van der Waals surface area contributed by atoms with Crippen molar-refractivity contribution in [3.63, 3.8) is 0 Å². The summed E-state index contributed by atoms with van der Waals surface area (Å²) >= 11 is 11.7. The van der Waals surface area contributed by atoms with Crippen LogP contribution in [0, 0.1) is 0 Å². The first-order valence-corrected chi connectivity index (χ1v) is 6.72. The van der Waals surface area contributed by atoms with Gasteiger partial charge in [-0.2, -0.15) is 5.21 Å². The van der Waals surface area contributed by atoms with Crippen LogP contribution in [0.1, 0.15) is 23.1 Å². The normalized spacial score (nSPS) is 13.8. The number of nitrogens with one attached hydrogen (secondary N) is 1. The smallest absolute Gasteiger partial charge is 0.211 e. The van der Waals surface area contributed by atoms with Gasteiger partial charge in [-0.05, 0) is 31.2 Å². The van der Waals surface area contributed by atoms with Gasteiger partial charge >= 0.3 is 0 Å². The highest BCUT2D eigenvalue weighted by Crippen LogP contribution is 2.19. The Bertz CT molecular complexity index is 557. The van der Waals surface area contributed by atoms with Gasteiger partial charge in [0.25, 0.3) is 0 Å². The highest BCUT2D eigenvalue weighted by Gasteiger charge is 2.22. The lowest BCUT2D eigenvalue weighted by molar-refractivity contribution is 0.0987. The van der Waals surface area contributed by atoms with Crippen LogP contribution in [0.25, 0.3) is 0 Å². The third-order valence-electron chi connectivity index (χ3n) is 2.55. The number of benzene rings is 1. The second-order valence-corrected chi connectivity index (χ2v) is 5.24. The third kappa shape index (κ3) is 3.68. The Morgan fingerprint density at radius 3 is 2.60 bits per heavy atom. The molecule has 0 bridgehead atoms. The summed E-state index contributed by atoms with van der Waals surface area (Å²) < 4.78 is 5.44. The molecule has 0 radical (unpaired) electrons. The van der Waals surface area contributed by atoms with E-state index >= 15 is 0 Å². The standard InChI is InChI=1S/C12H12Cl2N4O2/c1-7(13)11(14)12(19)8-2-4-9(5-3-8)20-6-10-15-17-18-16-10/h2-5,7,11H,6H2,1H3,(H,15,16,17,18). The molecule has 2 atom stereocenters. The van der Waals surface area contributed by atoms with Crippen molar-refractivity contribution < 1.29 is 9.53 Å². The van der Waals surface area contributed by atoms with E-state index in [1.54, 1.807) is 31.2 Å². The molecular formula is C12H12Cl2N4O2. The van der Waals surface area contributed by atoms with Crippen molar-refractivity contribution in [3.05, 3.63) is 35.7 Å². The lowest BCUT2D eigenvalue weighted by atomic mass is 10.1. The summed E-state index contributed by atoms with van der Waals surface area (Å²) in [6, 6.07) is 6.64. The molecule has 0 amide bonds. The minimum absolute atomic E-state index is 0.195. The maximum atomic E-state index is 12.0. The van der Waals surface area contributed by atoms with Crippen LogP contribution < -0.4 is 4.74 Å². The van der Waals surface area contributed by atoms with Crippen LogP contribution in [0.15, 0.2) is 24.3 Å². The molecule has 0 saturated heterocycles. The number of halogens is 2. The minimum atomic E-state index is -0.747. The summed E-state index contributed by atoms with van der Waals surface area (Å²) in [5.74, 6) is 0.831. The highest BCUT2D eigenvalue weighted by atomic mass is 35.5. The molecule has 2 rings (SSSR count). The molecule has 1 N–H and O–H groups in total. The van der Waals surface area contributed by atoms with Crippen molar-refractivity contribution in [1.82, 2.24) is 20.6 Å². The van der Waals surface area contributed by atoms with E-state index in [0.717, 1.165) is 0 Å². The lowest BCUT2D eigenvalue weighted by Gasteiger charge is -2.11. The summed E-state index contributed by atoms with van der Waals surface area (Å²) in [4.78, 5) is 12.0. The zero-order chi connectivity index (χ0) is 14.5. The summed E-state index contributed by atoms with van der Waals surface area (Å²) in [5, 5.41) is 12.1. The molecule has 1 heterocycles. The second-order valence-electron chi connectivity index (χ2n) is 4.08. The van der Waals surface area contributed by atoms with E-state index < -0.39 is 10.8 Å². The Labute approximate surface area is 125 Å². The van der Waals surface area contributed by atoms with Gasteiger partial charge in [0.05, 0.1) is 5.38 Å². The van der Waals surface area contributed by atoms with E-state index in [0.29, 0.717) is 17.1 Å². The monoisotopic (exact) mass is 314 g/mol. The van der Waals surface area contributed by atoms with Crippen LogP contribution in [0.5, 0.6) is 5.75 Å². The molecule has 0 fully saturated rings. The van der Waals surface area contributed by atoms with Gasteiger partial charge in [0.15, 0.2) is 12.4 Å². The maximum absolute atomic E-state index is 12.0. The van der Waals surface area contributed by atoms with E-state index in [2.05, 4.69) is 20.6 Å². The van der Waals surface area contributed by atoms with Gasteiger partial charge in [-0.15, -0.1) is 33.4 Å². The maximum Gasteiger partial charge on any atom is 0.211 e. The molecule has 1 aromatic carbocycles. The fourth-order valence-corrected chi connectivity index (χ4v) is 1.72. The molecule has 0 aliphatic carbocycles. The predicted octanol–water partition coefficient (Wildman–Crippen LogP) is 2.20. The molecule has 20 heavy (non-hydrogen) atoms. The first kappa shape index (κ1) is 14.7. The third-order valence-corrected chi connectivity index (χ3v) is 3.51. The number of carbonyl (C=O) groups is 1. The number of nitrogens with zero attached hydrogens (tertiary/aromatic N) is 3. The van der Waals surface area contributed by atoms with Crippen LogP contribution in [-0.4, -0.2) is 37.2 Å². The molecule has 0 spiro atoms. The van der Waals surface area contributed by atoms with Gasteiger partial charge in [0, 0.05) is 5.56 Å². The number of hydrogen-bond donors (Lipinski definition) is 1. The molecule has 2 unspecified atom stereocenters. The number of aromatic nitrogens is 4. The van der Waals surface area contributed by atoms with Crippen molar-refractivity contribution in [1.29, 1.82) is 0 Å². The number of alkyl halides is 2. The van der Waals surface area contributed by atoms with Crippen molar-refractivity contribution >= 4 is 29.0 Å². The van der Waals surface area contributed by atoms with E-state index in [1.165, 1.54) is 0 Å². The quantitative estimate of drug-likeness (QED) is 0.653. The Morgan fingerprint density at radius 1 is 1.35 bits per heavy atom. The largest absolute Gasteiger partial charge is 0.485 e. The van der Waals surface area contributed by atoms with Gasteiger partial charge in [0.1, 0.15) is 11.1 Å². The van der Waals surface area contributed by atoms with Crippen LogP contribution in [0.2, 0.25) is 0 Å². The van der Waals surface area contributed by atoms with Crippen LogP contribution in [-0.2, 0) is 6.61 Å². The summed E-state index contributed by atoms with van der Waals surface area (Å²) in [7, 11) is 0. The molecule has 1 aromatic heterocycles. The summed E-state index contributed by atoms with van der Waals surface area (Å²) in [5.41, 5.74) is 0.490. The van der Waals surface area contributed by atoms with Crippen molar-refractivity contribution in [3.8, 4) is 5.75 Å². The molecule has 106 valence electrons. The summed E-state index contributed by atoms with van der Waals surface area (Å²) in [6.45, 7) is 1.88. The number of aromatic amines is 1. The van der Waals surface area contributed by atoms with Gasteiger partial charge in [-0.1, -0.05) is 5.21 Å². The van der Waals surface area contributed by atoms with Crippen molar-refractivity contribution in [2.24, 2.45) is 0 Å². The zero-order valence-corrected chi connectivity index (χ0v) is 12.1. The van der Waals surface area contributed by atoms with Crippen LogP contribution >= 0.6 is 23.2 Å². The molecule has 6 nitrogen and oxygen atoms in total. The molecule has 0 aliphatic rings. The van der Waals surface area contributed by atoms with Crippen molar-refractivity contribution in [2.45, 2.75) is 24.3 Å². The number of Topliss-reactive ketones (excluding diaryl/α,β-unsaturated/α-hetero) is 1. The molecular weight excluding hydrogens is 303 g/mol. The molecule has 0 aliphatic heterocycles. The number of carbonyl (C=O) groups excluding carboxylic acids is 1. The first-order valence-electron chi connectivity index (χ1n) is 5.85. The van der Waals surface area contributed by atoms with E-state index in [1.807, 2.05) is 0 Å². The number of tetrazole rings is 1. The highest BCUT2D eigenvalue weighted by molar-refractivity contribution is 6.39. The lowest BCUT2D eigenvalue weighted by Crippen LogP contribution is -2.22. The number of rotatable bonds is 6. The van der Waals surface area contributed by atoms with E-state index in [-0.39, 0.29) is 12.4 Å². The molecule has 2 aromatic rings. The first-order chi connectivity index (χ1) is 9.58. The number of ketones is 1. The fourth-order valence-electron chi connectivity index (χ4n) is 1.47. The van der Waals surface area contributed by atoms with Gasteiger partial charge in [-0.3, -0.25) is 4.79 Å². The average molecular weight is 315 g/mol. The minimum Gasteiger partial charge on any atom is -0.485 e.